The molecule has 1 atom stereocenters. The molecule has 27 heavy (non-hydrogen) atoms. The van der Waals surface area contributed by atoms with Crippen LogP contribution in [0.15, 0.2) is 42.7 Å². The molecular formula is C21H24N6. The van der Waals surface area contributed by atoms with E-state index in [0.29, 0.717) is 0 Å². The van der Waals surface area contributed by atoms with E-state index in [9.17, 15) is 0 Å². The Balaban J connectivity index is 1.62. The highest BCUT2D eigenvalue weighted by Gasteiger charge is 2.19. The molecule has 0 fully saturated rings. The smallest absolute Gasteiger partial charge is 0.161 e. The van der Waals surface area contributed by atoms with E-state index in [-0.39, 0.29) is 6.04 Å². The monoisotopic (exact) mass is 360 g/mol. The number of aryl methyl sites for hydroxylation is 1. The van der Waals surface area contributed by atoms with Gasteiger partial charge < -0.3 is 10.6 Å². The molecule has 3 aromatic heterocycles. The molecule has 4 rings (SSSR count). The van der Waals surface area contributed by atoms with E-state index >= 15 is 0 Å². The van der Waals surface area contributed by atoms with Gasteiger partial charge in [-0.25, -0.2) is 9.97 Å². The van der Waals surface area contributed by atoms with Gasteiger partial charge in [0.1, 0.15) is 5.82 Å². The van der Waals surface area contributed by atoms with E-state index < -0.39 is 0 Å². The Morgan fingerprint density at radius 3 is 2.78 bits per heavy atom. The van der Waals surface area contributed by atoms with Crippen molar-refractivity contribution in [2.45, 2.75) is 39.3 Å². The maximum atomic E-state index is 4.86. The van der Waals surface area contributed by atoms with Gasteiger partial charge in [0.05, 0.1) is 5.69 Å². The number of hydrogen-bond acceptors (Lipinski definition) is 6. The zero-order valence-corrected chi connectivity index (χ0v) is 15.7. The predicted molar refractivity (Wildman–Crippen MR) is 106 cm³/mol. The fourth-order valence-electron chi connectivity index (χ4n) is 3.42. The first-order chi connectivity index (χ1) is 13.2. The maximum absolute atomic E-state index is 4.86. The minimum absolute atomic E-state index is 0.221. The Morgan fingerprint density at radius 2 is 1.96 bits per heavy atom. The number of pyridine rings is 2. The molecule has 0 amide bonds. The summed E-state index contributed by atoms with van der Waals surface area (Å²) in [6, 6.07) is 10.3. The molecule has 6 nitrogen and oxygen atoms in total. The number of anilines is 1. The van der Waals surface area contributed by atoms with Crippen LogP contribution in [-0.2, 0) is 19.4 Å². The molecule has 2 N–H and O–H groups in total. The molecule has 0 radical (unpaired) electrons. The van der Waals surface area contributed by atoms with Crippen molar-refractivity contribution in [1.82, 2.24) is 25.3 Å². The molecule has 0 bridgehead atoms. The molecule has 0 saturated carbocycles. The van der Waals surface area contributed by atoms with Gasteiger partial charge in [-0.05, 0) is 51.1 Å². The van der Waals surface area contributed by atoms with Gasteiger partial charge in [-0.1, -0.05) is 6.07 Å². The van der Waals surface area contributed by atoms with E-state index in [4.69, 9.17) is 9.97 Å². The average molecular weight is 360 g/mol. The second-order valence-corrected chi connectivity index (χ2v) is 7.00. The van der Waals surface area contributed by atoms with Crippen molar-refractivity contribution in [3.63, 3.8) is 0 Å². The van der Waals surface area contributed by atoms with E-state index in [1.54, 1.807) is 12.4 Å². The first-order valence-electron chi connectivity index (χ1n) is 9.39. The molecule has 0 spiro atoms. The number of rotatable bonds is 5. The summed E-state index contributed by atoms with van der Waals surface area (Å²) in [4.78, 5) is 18.4. The van der Waals surface area contributed by atoms with E-state index in [1.807, 2.05) is 25.1 Å². The number of nitrogens with zero attached hydrogens (tertiary/aromatic N) is 4. The summed E-state index contributed by atoms with van der Waals surface area (Å²) in [7, 11) is 0. The fourth-order valence-corrected chi connectivity index (χ4v) is 3.42. The first-order valence-corrected chi connectivity index (χ1v) is 9.39. The van der Waals surface area contributed by atoms with Crippen molar-refractivity contribution in [2.75, 3.05) is 11.9 Å². The van der Waals surface area contributed by atoms with E-state index in [1.165, 1.54) is 5.56 Å². The largest absolute Gasteiger partial charge is 0.367 e. The Morgan fingerprint density at radius 1 is 1.11 bits per heavy atom. The molecule has 0 saturated heterocycles. The van der Waals surface area contributed by atoms with Gasteiger partial charge in [0.2, 0.25) is 0 Å². The Kier molecular flexibility index (Phi) is 5.07. The van der Waals surface area contributed by atoms with Crippen molar-refractivity contribution in [2.24, 2.45) is 0 Å². The lowest BCUT2D eigenvalue weighted by Gasteiger charge is -2.23. The van der Waals surface area contributed by atoms with Gasteiger partial charge in [-0.3, -0.25) is 9.97 Å². The van der Waals surface area contributed by atoms with Crippen LogP contribution in [-0.4, -0.2) is 32.5 Å². The summed E-state index contributed by atoms with van der Waals surface area (Å²) in [5.41, 5.74) is 5.41. The zero-order chi connectivity index (χ0) is 18.6. The van der Waals surface area contributed by atoms with Crippen LogP contribution in [0.2, 0.25) is 0 Å². The third-order valence-electron chi connectivity index (χ3n) is 4.72. The lowest BCUT2D eigenvalue weighted by atomic mass is 10.1. The topological polar surface area (TPSA) is 75.6 Å². The Bertz CT molecular complexity index is 925. The molecule has 0 aliphatic carbocycles. The van der Waals surface area contributed by atoms with Crippen molar-refractivity contribution in [3.05, 3.63) is 65.4 Å². The average Bonchev–Trinajstić information content (AvgIpc) is 2.68. The van der Waals surface area contributed by atoms with Crippen LogP contribution in [0.3, 0.4) is 0 Å². The van der Waals surface area contributed by atoms with Gasteiger partial charge in [0, 0.05) is 53.9 Å². The zero-order valence-electron chi connectivity index (χ0n) is 15.7. The van der Waals surface area contributed by atoms with Crippen LogP contribution in [0.1, 0.15) is 29.6 Å². The quantitative estimate of drug-likeness (QED) is 0.729. The molecule has 138 valence electrons. The predicted octanol–water partition coefficient (Wildman–Crippen LogP) is 2.93. The van der Waals surface area contributed by atoms with E-state index in [2.05, 4.69) is 39.7 Å². The van der Waals surface area contributed by atoms with Crippen LogP contribution in [0.4, 0.5) is 5.82 Å². The van der Waals surface area contributed by atoms with Crippen LogP contribution in [0, 0.1) is 6.92 Å². The van der Waals surface area contributed by atoms with Crippen molar-refractivity contribution < 1.29 is 0 Å². The first kappa shape index (κ1) is 17.5. The van der Waals surface area contributed by atoms with Gasteiger partial charge in [-0.15, -0.1) is 0 Å². The van der Waals surface area contributed by atoms with Gasteiger partial charge >= 0.3 is 0 Å². The lowest BCUT2D eigenvalue weighted by molar-refractivity contribution is 0.623. The molecule has 3 aromatic rings. The summed E-state index contributed by atoms with van der Waals surface area (Å²) in [5, 5.41) is 7.02. The molecule has 1 unspecified atom stereocenters. The molecule has 6 heteroatoms. The highest BCUT2D eigenvalue weighted by Crippen LogP contribution is 2.25. The molecule has 4 heterocycles. The van der Waals surface area contributed by atoms with Crippen LogP contribution >= 0.6 is 0 Å². The number of aromatic nitrogens is 4. The third kappa shape index (κ3) is 4.11. The number of fused-ring (bicyclic) bond motifs is 1. The molecular weight excluding hydrogens is 336 g/mol. The van der Waals surface area contributed by atoms with Gasteiger partial charge in [-0.2, -0.15) is 0 Å². The minimum atomic E-state index is 0.221. The summed E-state index contributed by atoms with van der Waals surface area (Å²) >= 11 is 0. The van der Waals surface area contributed by atoms with E-state index in [0.717, 1.165) is 60.2 Å². The Labute approximate surface area is 159 Å². The minimum Gasteiger partial charge on any atom is -0.367 e. The highest BCUT2D eigenvalue weighted by atomic mass is 15.1. The summed E-state index contributed by atoms with van der Waals surface area (Å²) in [5.74, 6) is 1.68. The molecule has 1 aliphatic heterocycles. The summed E-state index contributed by atoms with van der Waals surface area (Å²) < 4.78 is 0. The SMILES string of the molecule is Cc1cccc(CC(C)Nc2nc(-c3ccncc3)nc3c2CCNC3)n1. The van der Waals surface area contributed by atoms with Crippen LogP contribution in [0.25, 0.3) is 11.4 Å². The standard InChI is InChI=1S/C21H24N6/c1-14-4-3-5-17(24-14)12-15(2)25-21-18-8-11-23-13-19(18)26-20(27-21)16-6-9-22-10-7-16/h3-7,9-10,15,23H,8,11-13H2,1-2H3,(H,25,26,27). The summed E-state index contributed by atoms with van der Waals surface area (Å²) in [6.07, 6.45) is 5.33. The Hall–Kier alpha value is -2.86. The fraction of sp³-hybridized carbons (Fsp3) is 0.333. The van der Waals surface area contributed by atoms with Crippen molar-refractivity contribution in [1.29, 1.82) is 0 Å². The summed E-state index contributed by atoms with van der Waals surface area (Å²) in [6.45, 7) is 5.92. The lowest BCUT2D eigenvalue weighted by Crippen LogP contribution is -2.28. The van der Waals surface area contributed by atoms with Crippen LogP contribution in [0.5, 0.6) is 0 Å². The number of nitrogens with one attached hydrogen (secondary N) is 2. The normalized spacial score (nSPS) is 14.4. The third-order valence-corrected chi connectivity index (χ3v) is 4.72. The molecule has 1 aliphatic rings. The second-order valence-electron chi connectivity index (χ2n) is 7.00. The second kappa shape index (κ2) is 7.80. The maximum Gasteiger partial charge on any atom is 0.161 e. The highest BCUT2D eigenvalue weighted by molar-refractivity contribution is 5.60. The van der Waals surface area contributed by atoms with Gasteiger partial charge in [0.15, 0.2) is 5.82 Å². The van der Waals surface area contributed by atoms with Gasteiger partial charge in [0.25, 0.3) is 0 Å². The van der Waals surface area contributed by atoms with Crippen molar-refractivity contribution in [3.8, 4) is 11.4 Å². The van der Waals surface area contributed by atoms with Crippen molar-refractivity contribution >= 4 is 5.82 Å². The molecule has 0 aromatic carbocycles. The van der Waals surface area contributed by atoms with Crippen LogP contribution < -0.4 is 10.6 Å². The number of hydrogen-bond donors (Lipinski definition) is 2.